The van der Waals surface area contributed by atoms with E-state index in [1.807, 2.05) is 60.0 Å². The Balaban J connectivity index is 1.75. The lowest BCUT2D eigenvalue weighted by Crippen LogP contribution is -2.15. The highest BCUT2D eigenvalue weighted by molar-refractivity contribution is 5.93. The number of carbonyl (C=O) groups is 1. The number of rotatable bonds is 6. The van der Waals surface area contributed by atoms with Crippen molar-refractivity contribution in [2.45, 2.75) is 19.9 Å². The molecule has 1 heterocycles. The maximum atomic E-state index is 12.4. The van der Waals surface area contributed by atoms with Gasteiger partial charge in [-0.1, -0.05) is 30.3 Å². The van der Waals surface area contributed by atoms with Crippen LogP contribution in [0.15, 0.2) is 54.9 Å². The molecule has 0 saturated carbocycles. The number of nitrogens with zero attached hydrogens (tertiary/aromatic N) is 3. The van der Waals surface area contributed by atoms with E-state index in [1.165, 1.54) is 0 Å². The van der Waals surface area contributed by atoms with Crippen LogP contribution >= 0.6 is 0 Å². The maximum Gasteiger partial charge on any atom is 0.228 e. The van der Waals surface area contributed by atoms with Crippen molar-refractivity contribution in [2.75, 3.05) is 12.4 Å². The summed E-state index contributed by atoms with van der Waals surface area (Å²) in [5.74, 6) is 1.39. The topological polar surface area (TPSA) is 69.0 Å². The van der Waals surface area contributed by atoms with Gasteiger partial charge >= 0.3 is 0 Å². The Kier molecular flexibility index (Phi) is 5.09. The monoisotopic (exact) mass is 336 g/mol. The third-order valence-electron chi connectivity index (χ3n) is 3.90. The SMILES string of the molecule is CCn1cnnc1-c1cccc(NC(=O)Cc2ccccc2OC)c1. The molecule has 6 heteroatoms. The van der Waals surface area contributed by atoms with Crippen LogP contribution in [0.25, 0.3) is 11.4 Å². The molecule has 3 aromatic rings. The van der Waals surface area contributed by atoms with Crippen LogP contribution in [0.4, 0.5) is 5.69 Å². The Morgan fingerprint density at radius 1 is 1.20 bits per heavy atom. The van der Waals surface area contributed by atoms with E-state index < -0.39 is 0 Å². The van der Waals surface area contributed by atoms with Gasteiger partial charge in [-0.15, -0.1) is 10.2 Å². The fourth-order valence-electron chi connectivity index (χ4n) is 2.67. The average Bonchev–Trinajstić information content (AvgIpc) is 3.11. The van der Waals surface area contributed by atoms with E-state index >= 15 is 0 Å². The zero-order valence-corrected chi connectivity index (χ0v) is 14.3. The number of benzene rings is 2. The second kappa shape index (κ2) is 7.61. The molecule has 2 aromatic carbocycles. The molecule has 0 fully saturated rings. The summed E-state index contributed by atoms with van der Waals surface area (Å²) in [5, 5.41) is 11.0. The minimum atomic E-state index is -0.0985. The molecular weight excluding hydrogens is 316 g/mol. The lowest BCUT2D eigenvalue weighted by Gasteiger charge is -2.10. The molecule has 0 radical (unpaired) electrons. The first-order valence-corrected chi connectivity index (χ1v) is 8.11. The number of hydrogen-bond donors (Lipinski definition) is 1. The Morgan fingerprint density at radius 3 is 2.84 bits per heavy atom. The van der Waals surface area contributed by atoms with Crippen LogP contribution in [0.2, 0.25) is 0 Å². The highest BCUT2D eigenvalue weighted by Crippen LogP contribution is 2.22. The Labute approximate surface area is 146 Å². The van der Waals surface area contributed by atoms with Gasteiger partial charge in [0.25, 0.3) is 0 Å². The standard InChI is InChI=1S/C19H20N4O2/c1-3-23-13-20-22-19(23)15-8-6-9-16(11-15)21-18(24)12-14-7-4-5-10-17(14)25-2/h4-11,13H,3,12H2,1-2H3,(H,21,24). The van der Waals surface area contributed by atoms with Crippen molar-refractivity contribution in [2.24, 2.45) is 0 Å². The summed E-state index contributed by atoms with van der Waals surface area (Å²) in [7, 11) is 1.60. The minimum absolute atomic E-state index is 0.0985. The van der Waals surface area contributed by atoms with Crippen molar-refractivity contribution in [1.82, 2.24) is 14.8 Å². The van der Waals surface area contributed by atoms with Crippen LogP contribution < -0.4 is 10.1 Å². The molecule has 0 spiro atoms. The molecule has 0 saturated heterocycles. The summed E-state index contributed by atoms with van der Waals surface area (Å²) in [6.45, 7) is 2.82. The maximum absolute atomic E-state index is 12.4. The lowest BCUT2D eigenvalue weighted by molar-refractivity contribution is -0.115. The van der Waals surface area contributed by atoms with Gasteiger partial charge in [0.2, 0.25) is 5.91 Å². The van der Waals surface area contributed by atoms with Crippen molar-refractivity contribution in [3.8, 4) is 17.1 Å². The van der Waals surface area contributed by atoms with Gasteiger partial charge in [0, 0.05) is 23.4 Å². The molecule has 128 valence electrons. The van der Waals surface area contributed by atoms with Crippen LogP contribution in [0.3, 0.4) is 0 Å². The number of carbonyl (C=O) groups excluding carboxylic acids is 1. The number of nitrogens with one attached hydrogen (secondary N) is 1. The largest absolute Gasteiger partial charge is 0.496 e. The molecule has 1 N–H and O–H groups in total. The predicted octanol–water partition coefficient (Wildman–Crippen LogP) is 3.15. The zero-order valence-electron chi connectivity index (χ0n) is 14.3. The summed E-state index contributed by atoms with van der Waals surface area (Å²) < 4.78 is 7.25. The number of anilines is 1. The predicted molar refractivity (Wildman–Crippen MR) is 96.5 cm³/mol. The minimum Gasteiger partial charge on any atom is -0.496 e. The summed E-state index contributed by atoms with van der Waals surface area (Å²) in [5.41, 5.74) is 2.49. The Bertz CT molecular complexity index is 873. The van der Waals surface area contributed by atoms with Gasteiger partial charge in [-0.25, -0.2) is 0 Å². The van der Waals surface area contributed by atoms with E-state index in [0.717, 1.165) is 29.2 Å². The molecule has 6 nitrogen and oxygen atoms in total. The van der Waals surface area contributed by atoms with Gasteiger partial charge in [-0.2, -0.15) is 0 Å². The smallest absolute Gasteiger partial charge is 0.228 e. The van der Waals surface area contributed by atoms with E-state index in [1.54, 1.807) is 13.4 Å². The quantitative estimate of drug-likeness (QED) is 0.751. The van der Waals surface area contributed by atoms with E-state index in [9.17, 15) is 4.79 Å². The number of aromatic nitrogens is 3. The number of aryl methyl sites for hydroxylation is 1. The normalized spacial score (nSPS) is 10.5. The van der Waals surface area contributed by atoms with Gasteiger partial charge in [-0.05, 0) is 25.1 Å². The second-order valence-corrected chi connectivity index (χ2v) is 5.56. The van der Waals surface area contributed by atoms with Gasteiger partial charge in [0.1, 0.15) is 12.1 Å². The van der Waals surface area contributed by atoms with Crippen LogP contribution in [0.5, 0.6) is 5.75 Å². The molecule has 0 atom stereocenters. The Morgan fingerprint density at radius 2 is 2.04 bits per heavy atom. The number of ether oxygens (including phenoxy) is 1. The van der Waals surface area contributed by atoms with Crippen molar-refractivity contribution >= 4 is 11.6 Å². The molecule has 0 bridgehead atoms. The number of methoxy groups -OCH3 is 1. The molecule has 25 heavy (non-hydrogen) atoms. The highest BCUT2D eigenvalue weighted by Gasteiger charge is 2.10. The molecule has 3 rings (SSSR count). The summed E-state index contributed by atoms with van der Waals surface area (Å²) in [4.78, 5) is 12.4. The second-order valence-electron chi connectivity index (χ2n) is 5.56. The van der Waals surface area contributed by atoms with E-state index in [4.69, 9.17) is 4.74 Å². The summed E-state index contributed by atoms with van der Waals surface area (Å²) >= 11 is 0. The van der Waals surface area contributed by atoms with Gasteiger partial charge in [0.05, 0.1) is 13.5 Å². The third-order valence-corrected chi connectivity index (χ3v) is 3.90. The van der Waals surface area contributed by atoms with Crippen molar-refractivity contribution in [3.05, 3.63) is 60.4 Å². The lowest BCUT2D eigenvalue weighted by atomic mass is 10.1. The molecule has 0 aliphatic rings. The molecule has 1 aromatic heterocycles. The fraction of sp³-hybridized carbons (Fsp3) is 0.211. The summed E-state index contributed by atoms with van der Waals surface area (Å²) in [6, 6.07) is 15.1. The third kappa shape index (κ3) is 3.85. The van der Waals surface area contributed by atoms with E-state index in [0.29, 0.717) is 5.75 Å². The highest BCUT2D eigenvalue weighted by atomic mass is 16.5. The fourth-order valence-corrected chi connectivity index (χ4v) is 2.67. The van der Waals surface area contributed by atoms with Crippen LogP contribution in [-0.2, 0) is 17.8 Å². The van der Waals surface area contributed by atoms with Crippen LogP contribution in [0, 0.1) is 0 Å². The van der Waals surface area contributed by atoms with E-state index in [2.05, 4.69) is 15.5 Å². The zero-order chi connectivity index (χ0) is 17.6. The average molecular weight is 336 g/mol. The number of amides is 1. The molecule has 1 amide bonds. The van der Waals surface area contributed by atoms with Gasteiger partial charge < -0.3 is 14.6 Å². The van der Waals surface area contributed by atoms with Crippen molar-refractivity contribution in [3.63, 3.8) is 0 Å². The van der Waals surface area contributed by atoms with Crippen LogP contribution in [0.1, 0.15) is 12.5 Å². The first-order chi connectivity index (χ1) is 12.2. The number of para-hydroxylation sites is 1. The van der Waals surface area contributed by atoms with Crippen molar-refractivity contribution < 1.29 is 9.53 Å². The first-order valence-electron chi connectivity index (χ1n) is 8.11. The first kappa shape index (κ1) is 16.7. The number of hydrogen-bond acceptors (Lipinski definition) is 4. The molecule has 0 aliphatic carbocycles. The Hall–Kier alpha value is -3.15. The van der Waals surface area contributed by atoms with E-state index in [-0.39, 0.29) is 12.3 Å². The van der Waals surface area contributed by atoms with Gasteiger partial charge in [0.15, 0.2) is 5.82 Å². The molecular formula is C19H20N4O2. The van der Waals surface area contributed by atoms with Gasteiger partial charge in [-0.3, -0.25) is 4.79 Å². The summed E-state index contributed by atoms with van der Waals surface area (Å²) in [6.07, 6.45) is 1.95. The molecule has 0 aliphatic heterocycles. The van der Waals surface area contributed by atoms with Crippen LogP contribution in [-0.4, -0.2) is 27.8 Å². The molecule has 0 unspecified atom stereocenters. The van der Waals surface area contributed by atoms with Crippen molar-refractivity contribution in [1.29, 1.82) is 0 Å².